The average Bonchev–Trinajstić information content (AvgIpc) is 3.30. The molecule has 32 heavy (non-hydrogen) atoms. The molecule has 4 aromatic rings. The van der Waals surface area contributed by atoms with Gasteiger partial charge in [0.1, 0.15) is 17.9 Å². The van der Waals surface area contributed by atoms with Crippen LogP contribution in [0.3, 0.4) is 0 Å². The topological polar surface area (TPSA) is 110 Å². The Bertz CT molecular complexity index is 1340. The Hall–Kier alpha value is -4.27. The van der Waals surface area contributed by atoms with Crippen LogP contribution in [0, 0.1) is 0 Å². The fraction of sp³-hybridized carbons (Fsp3) is 0.174. The molecule has 9 heteroatoms. The molecule has 4 rings (SSSR count). The van der Waals surface area contributed by atoms with Crippen molar-refractivity contribution in [3.05, 3.63) is 70.2 Å². The van der Waals surface area contributed by atoms with Gasteiger partial charge >= 0.3 is 11.6 Å². The third-order valence-electron chi connectivity index (χ3n) is 4.74. The predicted molar refractivity (Wildman–Crippen MR) is 113 cm³/mol. The number of carbonyl (C=O) groups excluding carboxylic acids is 1. The number of hydrogen-bond donors (Lipinski definition) is 0. The Labute approximate surface area is 182 Å². The molecule has 0 saturated carbocycles. The molecule has 0 saturated heterocycles. The third-order valence-corrected chi connectivity index (χ3v) is 4.74. The molecule has 0 aliphatic carbocycles. The third kappa shape index (κ3) is 4.00. The van der Waals surface area contributed by atoms with Crippen molar-refractivity contribution in [3.63, 3.8) is 0 Å². The van der Waals surface area contributed by atoms with E-state index in [2.05, 4.69) is 5.16 Å². The second-order valence-electron chi connectivity index (χ2n) is 6.65. The number of esters is 1. The lowest BCUT2D eigenvalue weighted by molar-refractivity contribution is 0.0459. The summed E-state index contributed by atoms with van der Waals surface area (Å²) in [5, 5.41) is 4.44. The minimum atomic E-state index is -0.834. The van der Waals surface area contributed by atoms with E-state index in [-0.39, 0.29) is 17.8 Å². The van der Waals surface area contributed by atoms with Gasteiger partial charge in [-0.25, -0.2) is 9.59 Å². The fourth-order valence-electron chi connectivity index (χ4n) is 3.14. The molecule has 9 nitrogen and oxygen atoms in total. The lowest BCUT2D eigenvalue weighted by Crippen LogP contribution is -2.16. The summed E-state index contributed by atoms with van der Waals surface area (Å²) in [5.74, 6) is 1.13. The number of fused-ring (bicyclic) bond motifs is 1. The SMILES string of the molecule is COc1ccc(-c2cc(COC(=O)c3cc4cccc(OC)c4oc3=O)no2)cc1OC. The summed E-state index contributed by atoms with van der Waals surface area (Å²) in [5.41, 5.74) is 0.284. The minimum absolute atomic E-state index is 0.189. The quantitative estimate of drug-likeness (QED) is 0.315. The summed E-state index contributed by atoms with van der Waals surface area (Å²) in [6.45, 7) is -0.189. The molecular weight excluding hydrogens is 418 g/mol. The van der Waals surface area contributed by atoms with Crippen LogP contribution in [0.5, 0.6) is 17.2 Å². The van der Waals surface area contributed by atoms with Crippen molar-refractivity contribution in [1.29, 1.82) is 0 Å². The zero-order valence-corrected chi connectivity index (χ0v) is 17.5. The van der Waals surface area contributed by atoms with E-state index in [4.69, 9.17) is 27.9 Å². The summed E-state index contributed by atoms with van der Waals surface area (Å²) >= 11 is 0. The largest absolute Gasteiger partial charge is 0.493 e. The molecule has 0 N–H and O–H groups in total. The summed E-state index contributed by atoms with van der Waals surface area (Å²) < 4.78 is 31.5. The Kier molecular flexibility index (Phi) is 5.80. The van der Waals surface area contributed by atoms with Crippen LogP contribution in [0.1, 0.15) is 16.1 Å². The number of para-hydroxylation sites is 1. The van der Waals surface area contributed by atoms with Gasteiger partial charge in [-0.1, -0.05) is 17.3 Å². The zero-order chi connectivity index (χ0) is 22.7. The van der Waals surface area contributed by atoms with Crippen LogP contribution in [-0.2, 0) is 11.3 Å². The van der Waals surface area contributed by atoms with Crippen LogP contribution in [0.4, 0.5) is 0 Å². The molecule has 2 aromatic heterocycles. The summed E-state index contributed by atoms with van der Waals surface area (Å²) in [7, 11) is 4.54. The highest BCUT2D eigenvalue weighted by molar-refractivity contribution is 5.94. The van der Waals surface area contributed by atoms with E-state index in [0.29, 0.717) is 39.7 Å². The first-order valence-corrected chi connectivity index (χ1v) is 9.50. The zero-order valence-electron chi connectivity index (χ0n) is 17.5. The van der Waals surface area contributed by atoms with Gasteiger partial charge in [-0.3, -0.25) is 0 Å². The van der Waals surface area contributed by atoms with Gasteiger partial charge in [-0.15, -0.1) is 0 Å². The Balaban J connectivity index is 1.50. The second-order valence-corrected chi connectivity index (χ2v) is 6.65. The minimum Gasteiger partial charge on any atom is -0.493 e. The lowest BCUT2D eigenvalue weighted by Gasteiger charge is -2.07. The normalized spacial score (nSPS) is 10.7. The number of rotatable bonds is 7. The van der Waals surface area contributed by atoms with Gasteiger partial charge in [-0.2, -0.15) is 0 Å². The predicted octanol–water partition coefficient (Wildman–Crippen LogP) is 3.83. The summed E-state index contributed by atoms with van der Waals surface area (Å²) in [6.07, 6.45) is 0. The molecule has 0 aliphatic rings. The Morgan fingerprint density at radius 2 is 1.72 bits per heavy atom. The number of methoxy groups -OCH3 is 3. The highest BCUT2D eigenvalue weighted by Gasteiger charge is 2.18. The maximum absolute atomic E-state index is 12.5. The van der Waals surface area contributed by atoms with Crippen LogP contribution in [0.2, 0.25) is 0 Å². The monoisotopic (exact) mass is 437 g/mol. The van der Waals surface area contributed by atoms with Gasteiger partial charge in [0.15, 0.2) is 28.6 Å². The number of ether oxygens (including phenoxy) is 4. The Morgan fingerprint density at radius 1 is 0.938 bits per heavy atom. The van der Waals surface area contributed by atoms with Gasteiger partial charge in [0, 0.05) is 17.0 Å². The van der Waals surface area contributed by atoms with Gasteiger partial charge in [0.2, 0.25) is 0 Å². The van der Waals surface area contributed by atoms with Crippen molar-refractivity contribution in [2.45, 2.75) is 6.61 Å². The van der Waals surface area contributed by atoms with Crippen LogP contribution >= 0.6 is 0 Å². The van der Waals surface area contributed by atoms with Crippen LogP contribution < -0.4 is 19.8 Å². The van der Waals surface area contributed by atoms with Crippen molar-refractivity contribution >= 4 is 16.9 Å². The first-order chi connectivity index (χ1) is 15.5. The van der Waals surface area contributed by atoms with E-state index in [1.165, 1.54) is 20.3 Å². The van der Waals surface area contributed by atoms with Gasteiger partial charge < -0.3 is 27.9 Å². The summed E-state index contributed by atoms with van der Waals surface area (Å²) in [6, 6.07) is 13.4. The number of nitrogens with zero attached hydrogens (tertiary/aromatic N) is 1. The number of aromatic nitrogens is 1. The van der Waals surface area contributed by atoms with Gasteiger partial charge in [-0.05, 0) is 30.3 Å². The fourth-order valence-corrected chi connectivity index (χ4v) is 3.14. The van der Waals surface area contributed by atoms with Crippen molar-refractivity contribution in [2.24, 2.45) is 0 Å². The molecular formula is C23H19NO8. The average molecular weight is 437 g/mol. The van der Waals surface area contributed by atoms with Crippen LogP contribution in [-0.4, -0.2) is 32.5 Å². The van der Waals surface area contributed by atoms with E-state index in [0.717, 1.165) is 0 Å². The standard InChI is InChI=1S/C23H19NO8/c1-27-17-8-7-13(10-20(17)29-3)19-11-15(24-32-19)12-30-22(25)16-9-14-5-4-6-18(28-2)21(14)31-23(16)26/h4-11H,12H2,1-3H3. The highest BCUT2D eigenvalue weighted by atomic mass is 16.5. The number of carbonyl (C=O) groups is 1. The molecule has 0 radical (unpaired) electrons. The van der Waals surface area contributed by atoms with E-state index >= 15 is 0 Å². The molecule has 0 aliphatic heterocycles. The van der Waals surface area contributed by atoms with Crippen LogP contribution in [0.15, 0.2) is 62.3 Å². The van der Waals surface area contributed by atoms with Crippen LogP contribution in [0.25, 0.3) is 22.3 Å². The first-order valence-electron chi connectivity index (χ1n) is 9.50. The smallest absolute Gasteiger partial charge is 0.351 e. The maximum atomic E-state index is 12.5. The van der Waals surface area contributed by atoms with E-state index in [9.17, 15) is 9.59 Å². The van der Waals surface area contributed by atoms with Gasteiger partial charge in [0.05, 0.1) is 21.3 Å². The summed E-state index contributed by atoms with van der Waals surface area (Å²) in [4.78, 5) is 24.7. The highest BCUT2D eigenvalue weighted by Crippen LogP contribution is 2.32. The maximum Gasteiger partial charge on any atom is 0.351 e. The Morgan fingerprint density at radius 3 is 2.47 bits per heavy atom. The molecule has 2 heterocycles. The molecule has 0 spiro atoms. The molecule has 0 atom stereocenters. The molecule has 2 aromatic carbocycles. The first kappa shape index (κ1) is 21.0. The molecule has 164 valence electrons. The van der Waals surface area contributed by atoms with Crippen molar-refractivity contribution < 1.29 is 32.7 Å². The van der Waals surface area contributed by atoms with Crippen molar-refractivity contribution in [3.8, 4) is 28.6 Å². The lowest BCUT2D eigenvalue weighted by atomic mass is 10.1. The van der Waals surface area contributed by atoms with E-state index < -0.39 is 11.6 Å². The molecule has 0 amide bonds. The second kappa shape index (κ2) is 8.84. The molecule has 0 bridgehead atoms. The molecule has 0 unspecified atom stereocenters. The van der Waals surface area contributed by atoms with Crippen molar-refractivity contribution in [2.75, 3.05) is 21.3 Å². The molecule has 0 fully saturated rings. The van der Waals surface area contributed by atoms with E-state index in [1.54, 1.807) is 49.6 Å². The van der Waals surface area contributed by atoms with E-state index in [1.807, 2.05) is 0 Å². The number of benzene rings is 2. The number of hydrogen-bond acceptors (Lipinski definition) is 9. The van der Waals surface area contributed by atoms with Crippen molar-refractivity contribution in [1.82, 2.24) is 5.16 Å². The van der Waals surface area contributed by atoms with Gasteiger partial charge in [0.25, 0.3) is 0 Å².